The molecule has 3 heterocycles. The largest absolute Gasteiger partial charge is 0.454 e. The Morgan fingerprint density at radius 2 is 2.15 bits per heavy atom. The van der Waals surface area contributed by atoms with Crippen LogP contribution in [0.15, 0.2) is 24.4 Å². The van der Waals surface area contributed by atoms with Crippen LogP contribution in [0.1, 0.15) is 36.3 Å². The lowest BCUT2D eigenvalue weighted by atomic mass is 9.77. The van der Waals surface area contributed by atoms with Crippen LogP contribution in [0.2, 0.25) is 0 Å². The van der Waals surface area contributed by atoms with Gasteiger partial charge in [-0.05, 0) is 50.3 Å². The molecule has 1 fully saturated rings. The minimum absolute atomic E-state index is 0.0342. The molecule has 1 unspecified atom stereocenters. The molecule has 1 saturated heterocycles. The van der Waals surface area contributed by atoms with Crippen LogP contribution >= 0.6 is 0 Å². The third-order valence-electron chi connectivity index (χ3n) is 5.85. The second-order valence-electron chi connectivity index (χ2n) is 7.59. The molecule has 27 heavy (non-hydrogen) atoms. The maximum atomic E-state index is 12.9. The highest BCUT2D eigenvalue weighted by atomic mass is 16.7. The molecule has 3 aliphatic rings. The number of ether oxygens (including phenoxy) is 2. The average molecular weight is 366 g/mol. The van der Waals surface area contributed by atoms with Crippen LogP contribution in [0.25, 0.3) is 0 Å². The molecule has 1 atom stereocenters. The molecule has 2 aromatic rings. The number of piperidine rings is 1. The molecule has 1 aromatic carbocycles. The topological polar surface area (TPSA) is 76.6 Å². The molecule has 7 nitrogen and oxygen atoms in total. The van der Waals surface area contributed by atoms with E-state index in [0.29, 0.717) is 23.7 Å². The smallest absolute Gasteiger partial charge is 0.321 e. The zero-order valence-corrected chi connectivity index (χ0v) is 15.3. The summed E-state index contributed by atoms with van der Waals surface area (Å²) in [6, 6.07) is 5.39. The van der Waals surface area contributed by atoms with Crippen LogP contribution < -0.4 is 14.8 Å². The van der Waals surface area contributed by atoms with Crippen LogP contribution in [0.4, 0.5) is 10.5 Å². The van der Waals surface area contributed by atoms with Crippen molar-refractivity contribution in [3.05, 3.63) is 41.5 Å². The Kier molecular flexibility index (Phi) is 3.70. The third-order valence-corrected chi connectivity index (χ3v) is 5.85. The second-order valence-corrected chi connectivity index (χ2v) is 7.59. The Labute approximate surface area is 157 Å². The minimum Gasteiger partial charge on any atom is -0.454 e. The number of urea groups is 1. The summed E-state index contributed by atoms with van der Waals surface area (Å²) in [5.74, 6) is 2.18. The van der Waals surface area contributed by atoms with Gasteiger partial charge in [0.1, 0.15) is 5.82 Å². The second kappa shape index (κ2) is 6.11. The highest BCUT2D eigenvalue weighted by Gasteiger charge is 2.44. The van der Waals surface area contributed by atoms with Crippen molar-refractivity contribution < 1.29 is 14.3 Å². The average Bonchev–Trinajstić information content (AvgIpc) is 3.27. The highest BCUT2D eigenvalue weighted by molar-refractivity contribution is 5.90. The van der Waals surface area contributed by atoms with E-state index in [-0.39, 0.29) is 18.2 Å². The number of nitrogens with zero attached hydrogens (tertiary/aromatic N) is 3. The molecule has 1 aliphatic carbocycles. The number of carbonyl (C=O) groups is 1. The summed E-state index contributed by atoms with van der Waals surface area (Å²) in [5, 5.41) is 3.00. The SMILES string of the molecule is Cc1ncc2c(n1)C1(CCCN(C(=O)Nc3ccc4c(c3)OCO4)C1)CC2. The van der Waals surface area contributed by atoms with E-state index >= 15 is 0 Å². The summed E-state index contributed by atoms with van der Waals surface area (Å²) < 4.78 is 10.7. The summed E-state index contributed by atoms with van der Waals surface area (Å²) >= 11 is 0. The number of nitrogens with one attached hydrogen (secondary N) is 1. The van der Waals surface area contributed by atoms with Crippen molar-refractivity contribution in [1.29, 1.82) is 0 Å². The Hall–Kier alpha value is -2.83. The van der Waals surface area contributed by atoms with Gasteiger partial charge in [-0.3, -0.25) is 0 Å². The summed E-state index contributed by atoms with van der Waals surface area (Å²) in [6.45, 7) is 3.62. The maximum Gasteiger partial charge on any atom is 0.321 e. The molecule has 1 spiro atoms. The molecular formula is C20H22N4O3. The van der Waals surface area contributed by atoms with E-state index in [1.807, 2.05) is 30.2 Å². The number of rotatable bonds is 1. The van der Waals surface area contributed by atoms with Crippen LogP contribution in [0.3, 0.4) is 0 Å². The van der Waals surface area contributed by atoms with E-state index < -0.39 is 0 Å². The van der Waals surface area contributed by atoms with Crippen molar-refractivity contribution >= 4 is 11.7 Å². The normalized spacial score (nSPS) is 22.8. The van der Waals surface area contributed by atoms with Gasteiger partial charge in [-0.2, -0.15) is 0 Å². The number of anilines is 1. The quantitative estimate of drug-likeness (QED) is 0.839. The zero-order valence-electron chi connectivity index (χ0n) is 15.3. The highest BCUT2D eigenvalue weighted by Crippen LogP contribution is 2.44. The number of fused-ring (bicyclic) bond motifs is 3. The van der Waals surface area contributed by atoms with Crippen LogP contribution in [-0.2, 0) is 11.8 Å². The summed E-state index contributed by atoms with van der Waals surface area (Å²) in [7, 11) is 0. The van der Waals surface area contributed by atoms with E-state index in [1.54, 1.807) is 6.07 Å². The predicted molar refractivity (Wildman–Crippen MR) is 99.2 cm³/mol. The zero-order chi connectivity index (χ0) is 18.4. The number of aryl methyl sites for hydroxylation is 2. The Balaban J connectivity index is 1.35. The monoisotopic (exact) mass is 366 g/mol. The van der Waals surface area contributed by atoms with E-state index in [1.165, 1.54) is 5.56 Å². The Morgan fingerprint density at radius 1 is 1.26 bits per heavy atom. The van der Waals surface area contributed by atoms with Gasteiger partial charge in [-0.1, -0.05) is 0 Å². The van der Waals surface area contributed by atoms with Crippen molar-refractivity contribution in [3.63, 3.8) is 0 Å². The fourth-order valence-corrected chi connectivity index (χ4v) is 4.51. The molecule has 140 valence electrons. The molecule has 1 N–H and O–H groups in total. The van der Waals surface area contributed by atoms with Crippen LogP contribution in [0.5, 0.6) is 11.5 Å². The van der Waals surface area contributed by atoms with Crippen molar-refractivity contribution in [2.24, 2.45) is 0 Å². The number of carbonyl (C=O) groups excluding carboxylic acids is 1. The van der Waals surface area contributed by atoms with Crippen LogP contribution in [0, 0.1) is 6.92 Å². The maximum absolute atomic E-state index is 12.9. The number of benzene rings is 1. The van der Waals surface area contributed by atoms with Gasteiger partial charge in [0.2, 0.25) is 6.79 Å². The van der Waals surface area contributed by atoms with E-state index in [0.717, 1.165) is 43.7 Å². The lowest BCUT2D eigenvalue weighted by Crippen LogP contribution is -2.49. The summed E-state index contributed by atoms with van der Waals surface area (Å²) in [5.41, 5.74) is 3.07. The van der Waals surface area contributed by atoms with Gasteiger partial charge in [0.15, 0.2) is 11.5 Å². The Morgan fingerprint density at radius 3 is 3.07 bits per heavy atom. The molecule has 0 saturated carbocycles. The van der Waals surface area contributed by atoms with Crippen LogP contribution in [-0.4, -0.2) is 40.8 Å². The molecule has 5 rings (SSSR count). The number of amides is 2. The molecule has 2 amide bonds. The van der Waals surface area contributed by atoms with E-state index in [2.05, 4.69) is 10.3 Å². The third kappa shape index (κ3) is 2.78. The molecule has 1 aromatic heterocycles. The van der Waals surface area contributed by atoms with Crippen molar-refractivity contribution in [2.45, 2.75) is 38.0 Å². The van der Waals surface area contributed by atoms with E-state index in [4.69, 9.17) is 14.5 Å². The van der Waals surface area contributed by atoms with Gasteiger partial charge < -0.3 is 19.7 Å². The molecular weight excluding hydrogens is 344 g/mol. The van der Waals surface area contributed by atoms with Gasteiger partial charge in [-0.15, -0.1) is 0 Å². The molecule has 0 bridgehead atoms. The van der Waals surface area contributed by atoms with Gasteiger partial charge in [0, 0.05) is 36.5 Å². The van der Waals surface area contributed by atoms with Gasteiger partial charge in [-0.25, -0.2) is 14.8 Å². The molecule has 2 aliphatic heterocycles. The number of aromatic nitrogens is 2. The first-order valence-corrected chi connectivity index (χ1v) is 9.42. The fourth-order valence-electron chi connectivity index (χ4n) is 4.51. The predicted octanol–water partition coefficient (Wildman–Crippen LogP) is 3.03. The van der Waals surface area contributed by atoms with Gasteiger partial charge >= 0.3 is 6.03 Å². The number of hydrogen-bond acceptors (Lipinski definition) is 5. The van der Waals surface area contributed by atoms with E-state index in [9.17, 15) is 4.79 Å². The molecule has 7 heteroatoms. The van der Waals surface area contributed by atoms with Gasteiger partial charge in [0.05, 0.1) is 5.69 Å². The van der Waals surface area contributed by atoms with Crippen molar-refractivity contribution in [2.75, 3.05) is 25.2 Å². The fraction of sp³-hybridized carbons (Fsp3) is 0.450. The lowest BCUT2D eigenvalue weighted by molar-refractivity contribution is 0.157. The first-order valence-electron chi connectivity index (χ1n) is 9.42. The summed E-state index contributed by atoms with van der Waals surface area (Å²) in [6.07, 6.45) is 6.04. The van der Waals surface area contributed by atoms with Crippen molar-refractivity contribution in [1.82, 2.24) is 14.9 Å². The standard InChI is InChI=1S/C20H22N4O3/c1-13-21-10-14-5-7-20(18(14)22-13)6-2-8-24(11-20)19(25)23-15-3-4-16-17(9-15)27-12-26-16/h3-4,9-10H,2,5-8,11-12H2,1H3,(H,23,25). The molecule has 0 radical (unpaired) electrons. The Bertz CT molecular complexity index is 912. The minimum atomic E-state index is -0.0767. The van der Waals surface area contributed by atoms with Crippen molar-refractivity contribution in [3.8, 4) is 11.5 Å². The van der Waals surface area contributed by atoms with Gasteiger partial charge in [0.25, 0.3) is 0 Å². The number of hydrogen-bond donors (Lipinski definition) is 1. The summed E-state index contributed by atoms with van der Waals surface area (Å²) in [4.78, 5) is 23.9. The first kappa shape index (κ1) is 16.4. The first-order chi connectivity index (χ1) is 13.1. The number of likely N-dealkylation sites (tertiary alicyclic amines) is 1. The lowest BCUT2D eigenvalue weighted by Gasteiger charge is -2.40.